The van der Waals surface area contributed by atoms with Crippen LogP contribution in [-0.2, 0) is 5.75 Å². The van der Waals surface area contributed by atoms with Crippen molar-refractivity contribution in [1.29, 1.82) is 0 Å². The molecule has 21 heavy (non-hydrogen) atoms. The lowest BCUT2D eigenvalue weighted by atomic mass is 10.2. The van der Waals surface area contributed by atoms with Crippen molar-refractivity contribution >= 4 is 17.7 Å². The minimum Gasteiger partial charge on any atom is -0.477 e. The lowest BCUT2D eigenvalue weighted by molar-refractivity contribution is 0.0689. The molecule has 0 aromatic carbocycles. The molecule has 1 aliphatic carbocycles. The first-order chi connectivity index (χ1) is 10.3. The molecule has 3 rings (SSSR count). The summed E-state index contributed by atoms with van der Waals surface area (Å²) in [7, 11) is 0. The van der Waals surface area contributed by atoms with E-state index in [0.29, 0.717) is 17.4 Å². The van der Waals surface area contributed by atoms with Crippen molar-refractivity contribution in [2.45, 2.75) is 42.6 Å². The second-order valence-electron chi connectivity index (χ2n) is 4.95. The number of pyridine rings is 1. The van der Waals surface area contributed by atoms with Crippen LogP contribution in [0.1, 0.15) is 47.8 Å². The van der Waals surface area contributed by atoms with Gasteiger partial charge in [0.2, 0.25) is 5.16 Å². The van der Waals surface area contributed by atoms with E-state index in [4.69, 9.17) is 5.11 Å². The van der Waals surface area contributed by atoms with Crippen molar-refractivity contribution in [2.75, 3.05) is 0 Å². The number of aromatic carboxylic acids is 1. The highest BCUT2D eigenvalue weighted by Crippen LogP contribution is 2.32. The maximum absolute atomic E-state index is 11.1. The Morgan fingerprint density at radius 3 is 3.00 bits per heavy atom. The number of thioether (sulfide) groups is 1. The molecule has 0 spiro atoms. The van der Waals surface area contributed by atoms with Crippen LogP contribution in [0.15, 0.2) is 23.5 Å². The maximum atomic E-state index is 11.1. The van der Waals surface area contributed by atoms with Crippen LogP contribution >= 0.6 is 11.8 Å². The van der Waals surface area contributed by atoms with Gasteiger partial charge in [-0.1, -0.05) is 30.7 Å². The molecule has 0 saturated heterocycles. The highest BCUT2D eigenvalue weighted by Gasteiger charge is 2.22. The minimum absolute atomic E-state index is 0.0879. The molecule has 0 bridgehead atoms. The van der Waals surface area contributed by atoms with Gasteiger partial charge < -0.3 is 5.11 Å². The fourth-order valence-electron chi connectivity index (χ4n) is 2.55. The number of hydrogen-bond donors (Lipinski definition) is 1. The average Bonchev–Trinajstić information content (AvgIpc) is 3.16. The highest BCUT2D eigenvalue weighted by molar-refractivity contribution is 7.98. The van der Waals surface area contributed by atoms with Crippen LogP contribution in [-0.4, -0.2) is 36.3 Å². The summed E-state index contributed by atoms with van der Waals surface area (Å²) < 4.78 is 1.87. The summed E-state index contributed by atoms with van der Waals surface area (Å²) in [5.41, 5.74) is 0.765. The van der Waals surface area contributed by atoms with Gasteiger partial charge in [-0.2, -0.15) is 0 Å². The van der Waals surface area contributed by atoms with Gasteiger partial charge in [0, 0.05) is 11.9 Å². The number of tetrazole rings is 1. The van der Waals surface area contributed by atoms with Gasteiger partial charge in [0.05, 0.1) is 6.04 Å². The zero-order valence-electron chi connectivity index (χ0n) is 11.3. The Morgan fingerprint density at radius 2 is 2.24 bits per heavy atom. The molecular weight excluding hydrogens is 290 g/mol. The van der Waals surface area contributed by atoms with Crippen molar-refractivity contribution < 1.29 is 9.90 Å². The number of carbonyl (C=O) groups is 1. The van der Waals surface area contributed by atoms with E-state index in [0.717, 1.165) is 18.0 Å². The molecule has 0 atom stereocenters. The standard InChI is InChI=1S/C13H15N5O2S/c19-12(20)11-9(4-3-7-14-11)8-21-13-15-16-17-18(13)10-5-1-2-6-10/h3-4,7,10H,1-2,5-6,8H2,(H,19,20). The smallest absolute Gasteiger partial charge is 0.354 e. The first-order valence-corrected chi connectivity index (χ1v) is 7.82. The Morgan fingerprint density at radius 1 is 1.43 bits per heavy atom. The van der Waals surface area contributed by atoms with Gasteiger partial charge in [0.1, 0.15) is 0 Å². The summed E-state index contributed by atoms with van der Waals surface area (Å²) >= 11 is 1.45. The topological polar surface area (TPSA) is 93.8 Å². The second-order valence-corrected chi connectivity index (χ2v) is 5.89. The van der Waals surface area contributed by atoms with E-state index < -0.39 is 5.97 Å². The summed E-state index contributed by atoms with van der Waals surface area (Å²) in [4.78, 5) is 15.0. The maximum Gasteiger partial charge on any atom is 0.354 e. The van der Waals surface area contributed by atoms with Crippen molar-refractivity contribution in [3.05, 3.63) is 29.6 Å². The third-order valence-electron chi connectivity index (χ3n) is 3.58. The largest absolute Gasteiger partial charge is 0.477 e. The van der Waals surface area contributed by atoms with Crippen molar-refractivity contribution in [3.8, 4) is 0 Å². The molecule has 0 amide bonds. The Hall–Kier alpha value is -1.96. The van der Waals surface area contributed by atoms with E-state index in [-0.39, 0.29) is 5.69 Å². The molecule has 1 fully saturated rings. The Bertz CT molecular complexity index is 639. The summed E-state index contributed by atoms with van der Waals surface area (Å²) in [5, 5.41) is 21.7. The minimum atomic E-state index is -1.01. The van der Waals surface area contributed by atoms with Gasteiger partial charge in [-0.25, -0.2) is 14.5 Å². The van der Waals surface area contributed by atoms with E-state index in [1.165, 1.54) is 30.8 Å². The van der Waals surface area contributed by atoms with Crippen LogP contribution in [0.5, 0.6) is 0 Å². The van der Waals surface area contributed by atoms with Crippen LogP contribution in [0.25, 0.3) is 0 Å². The lowest BCUT2D eigenvalue weighted by Crippen LogP contribution is -2.09. The molecule has 0 radical (unpaired) electrons. The molecule has 7 nitrogen and oxygen atoms in total. The summed E-state index contributed by atoms with van der Waals surface area (Å²) in [6.45, 7) is 0. The fraction of sp³-hybridized carbons (Fsp3) is 0.462. The summed E-state index contributed by atoms with van der Waals surface area (Å²) in [6, 6.07) is 3.88. The fourth-order valence-corrected chi connectivity index (χ4v) is 3.48. The van der Waals surface area contributed by atoms with Crippen molar-refractivity contribution in [2.24, 2.45) is 0 Å². The lowest BCUT2D eigenvalue weighted by Gasteiger charge is -2.11. The quantitative estimate of drug-likeness (QED) is 0.846. The number of hydrogen-bond acceptors (Lipinski definition) is 6. The average molecular weight is 305 g/mol. The van der Waals surface area contributed by atoms with Gasteiger partial charge in [-0.15, -0.1) is 5.10 Å². The van der Waals surface area contributed by atoms with Gasteiger partial charge in [0.25, 0.3) is 0 Å². The van der Waals surface area contributed by atoms with E-state index in [9.17, 15) is 4.79 Å². The van der Waals surface area contributed by atoms with E-state index >= 15 is 0 Å². The number of aromatic nitrogens is 5. The van der Waals surface area contributed by atoms with Crippen LogP contribution < -0.4 is 0 Å². The number of rotatable bonds is 5. The van der Waals surface area contributed by atoms with Crippen LogP contribution in [0.3, 0.4) is 0 Å². The molecule has 1 N–H and O–H groups in total. The monoisotopic (exact) mass is 305 g/mol. The zero-order chi connectivity index (χ0) is 14.7. The number of nitrogens with zero attached hydrogens (tertiary/aromatic N) is 5. The normalized spacial score (nSPS) is 15.4. The predicted molar refractivity (Wildman–Crippen MR) is 76.1 cm³/mol. The van der Waals surface area contributed by atoms with Crippen LogP contribution in [0, 0.1) is 0 Å². The van der Waals surface area contributed by atoms with Crippen molar-refractivity contribution in [1.82, 2.24) is 25.2 Å². The van der Waals surface area contributed by atoms with Gasteiger partial charge in [-0.05, 0) is 34.9 Å². The molecule has 110 valence electrons. The molecule has 2 aromatic rings. The molecule has 2 heterocycles. The number of carboxylic acids is 1. The van der Waals surface area contributed by atoms with Crippen LogP contribution in [0.4, 0.5) is 0 Å². The van der Waals surface area contributed by atoms with E-state index in [2.05, 4.69) is 20.5 Å². The zero-order valence-corrected chi connectivity index (χ0v) is 12.2. The Kier molecular flexibility index (Phi) is 4.14. The van der Waals surface area contributed by atoms with Crippen LogP contribution in [0.2, 0.25) is 0 Å². The molecular formula is C13H15N5O2S. The third kappa shape index (κ3) is 3.05. The number of carboxylic acid groups (broad SMARTS) is 1. The Balaban J connectivity index is 1.74. The predicted octanol–water partition coefficient (Wildman–Crippen LogP) is 2.17. The van der Waals surface area contributed by atoms with E-state index in [1.54, 1.807) is 12.1 Å². The van der Waals surface area contributed by atoms with Gasteiger partial charge >= 0.3 is 5.97 Å². The van der Waals surface area contributed by atoms with E-state index in [1.807, 2.05) is 4.68 Å². The first kappa shape index (κ1) is 14.0. The van der Waals surface area contributed by atoms with Gasteiger partial charge in [0.15, 0.2) is 5.69 Å². The van der Waals surface area contributed by atoms with Crippen molar-refractivity contribution in [3.63, 3.8) is 0 Å². The highest BCUT2D eigenvalue weighted by atomic mass is 32.2. The SMILES string of the molecule is O=C(O)c1ncccc1CSc1nnnn1C1CCCC1. The summed E-state index contributed by atoms with van der Waals surface area (Å²) in [5.74, 6) is -0.524. The Labute approximate surface area is 125 Å². The summed E-state index contributed by atoms with van der Waals surface area (Å²) in [6.07, 6.45) is 6.11. The molecule has 1 saturated carbocycles. The molecule has 2 aromatic heterocycles. The third-order valence-corrected chi connectivity index (χ3v) is 4.57. The van der Waals surface area contributed by atoms with Gasteiger partial charge in [-0.3, -0.25) is 0 Å². The first-order valence-electron chi connectivity index (χ1n) is 6.83. The second kappa shape index (κ2) is 6.21. The molecule has 8 heteroatoms. The molecule has 0 unspecified atom stereocenters. The molecule has 1 aliphatic rings. The molecule has 0 aliphatic heterocycles.